The summed E-state index contributed by atoms with van der Waals surface area (Å²) < 4.78 is 30.3. The van der Waals surface area contributed by atoms with Crippen LogP contribution in [0.25, 0.3) is 22.4 Å². The van der Waals surface area contributed by atoms with Gasteiger partial charge in [0.2, 0.25) is 0 Å². The summed E-state index contributed by atoms with van der Waals surface area (Å²) in [5.74, 6) is -1.42. The first kappa shape index (κ1) is 23.3. The number of rotatable bonds is 7. The normalized spacial score (nSPS) is 13.1. The number of amides is 1. The quantitative estimate of drug-likeness (QED) is 0.391. The molecule has 0 aliphatic heterocycles. The number of nitrogens with one attached hydrogen (secondary N) is 2. The number of imidazole rings is 1. The van der Waals surface area contributed by atoms with Gasteiger partial charge in [-0.2, -0.15) is 0 Å². The minimum absolute atomic E-state index is 0.0840. The molecular weight excluding hydrogens is 468 g/mol. The Morgan fingerprint density at radius 3 is 2.71 bits per heavy atom. The van der Waals surface area contributed by atoms with Crippen LogP contribution in [-0.2, 0) is 20.7 Å². The Bertz CT molecular complexity index is 1120. The number of carbonyl (C=O) groups is 2. The smallest absolute Gasteiger partial charge is 0.328 e. The van der Waals surface area contributed by atoms with Gasteiger partial charge in [-0.05, 0) is 24.3 Å². The third-order valence-electron chi connectivity index (χ3n) is 4.49. The van der Waals surface area contributed by atoms with Crippen molar-refractivity contribution in [1.82, 2.24) is 15.3 Å². The lowest BCUT2D eigenvalue weighted by Gasteiger charge is -2.16. The molecular formula is C20H18Cl2FN3O4S. The second-order valence-electron chi connectivity index (χ2n) is 6.65. The number of esters is 1. The minimum Gasteiger partial charge on any atom is -0.617 e. The molecule has 2 unspecified atom stereocenters. The molecule has 0 bridgehead atoms. The van der Waals surface area contributed by atoms with Gasteiger partial charge in [0.05, 0.1) is 40.0 Å². The molecule has 3 aromatic rings. The summed E-state index contributed by atoms with van der Waals surface area (Å²) in [7, 11) is 1.20. The number of fused-ring (bicyclic) bond motifs is 1. The molecule has 0 saturated heterocycles. The monoisotopic (exact) mass is 485 g/mol. The molecule has 31 heavy (non-hydrogen) atoms. The van der Waals surface area contributed by atoms with Gasteiger partial charge >= 0.3 is 5.97 Å². The number of ether oxygens (including phenoxy) is 1. The average molecular weight is 486 g/mol. The molecule has 2 atom stereocenters. The van der Waals surface area contributed by atoms with Crippen LogP contribution < -0.4 is 5.32 Å². The standard InChI is InChI=1S/C20H18Cl2FN3O4S/c1-30-20(28)14(6-7-31(2)29)25-19(27)10-8-12(22)17-15(9-10)24-18(26-17)16-11(21)4-3-5-13(16)23/h3-5,8-9,14H,6-7H2,1-2H3,(H,24,26)(H,25,27). The number of aromatic amines is 1. The largest absolute Gasteiger partial charge is 0.617 e. The fourth-order valence-electron chi connectivity index (χ4n) is 2.96. The van der Waals surface area contributed by atoms with Crippen LogP contribution in [0.5, 0.6) is 0 Å². The highest BCUT2D eigenvalue weighted by Crippen LogP contribution is 2.32. The van der Waals surface area contributed by atoms with Gasteiger partial charge in [0.1, 0.15) is 23.4 Å². The zero-order chi connectivity index (χ0) is 22.7. The lowest BCUT2D eigenvalue weighted by molar-refractivity contribution is -0.142. The maximum absolute atomic E-state index is 14.2. The number of benzene rings is 2. The van der Waals surface area contributed by atoms with Gasteiger partial charge in [-0.3, -0.25) is 4.79 Å². The second kappa shape index (κ2) is 9.86. The van der Waals surface area contributed by atoms with Crippen molar-refractivity contribution in [3.63, 3.8) is 0 Å². The molecule has 0 fully saturated rings. The molecule has 0 spiro atoms. The van der Waals surface area contributed by atoms with Crippen molar-refractivity contribution >= 4 is 57.3 Å². The summed E-state index contributed by atoms with van der Waals surface area (Å²) in [5, 5.41) is 2.91. The summed E-state index contributed by atoms with van der Waals surface area (Å²) in [5.41, 5.74) is 0.942. The van der Waals surface area contributed by atoms with E-state index in [-0.39, 0.29) is 39.2 Å². The average Bonchev–Trinajstić information content (AvgIpc) is 3.14. The van der Waals surface area contributed by atoms with Crippen LogP contribution >= 0.6 is 23.2 Å². The highest BCUT2D eigenvalue weighted by molar-refractivity contribution is 7.90. The van der Waals surface area contributed by atoms with Crippen molar-refractivity contribution in [2.24, 2.45) is 0 Å². The predicted octanol–water partition coefficient (Wildman–Crippen LogP) is 3.72. The fraction of sp³-hybridized carbons (Fsp3) is 0.250. The van der Waals surface area contributed by atoms with Crippen LogP contribution in [0, 0.1) is 5.82 Å². The summed E-state index contributed by atoms with van der Waals surface area (Å²) in [4.78, 5) is 31.9. The van der Waals surface area contributed by atoms with Gasteiger partial charge in [0.15, 0.2) is 0 Å². The first-order valence-corrected chi connectivity index (χ1v) is 11.5. The molecule has 1 heterocycles. The Labute approximate surface area is 190 Å². The SMILES string of the molecule is COC(=O)C(CC[S+](C)[O-])NC(=O)c1cc(Cl)c2[nH]c(-c3c(F)cccc3Cl)nc2c1. The molecule has 3 rings (SSSR count). The number of carbonyl (C=O) groups excluding carboxylic acids is 2. The number of H-pyrrole nitrogens is 1. The van der Waals surface area contributed by atoms with Crippen LogP contribution in [0.1, 0.15) is 16.8 Å². The molecule has 1 amide bonds. The molecule has 0 aliphatic rings. The summed E-state index contributed by atoms with van der Waals surface area (Å²) in [6.07, 6.45) is 1.65. The number of nitrogens with zero attached hydrogens (tertiary/aromatic N) is 1. The van der Waals surface area contributed by atoms with Gasteiger partial charge in [0.25, 0.3) is 5.91 Å². The van der Waals surface area contributed by atoms with E-state index < -0.39 is 34.9 Å². The van der Waals surface area contributed by atoms with E-state index in [0.29, 0.717) is 11.0 Å². The van der Waals surface area contributed by atoms with E-state index >= 15 is 0 Å². The molecule has 164 valence electrons. The van der Waals surface area contributed by atoms with Crippen molar-refractivity contribution in [3.8, 4) is 11.4 Å². The number of methoxy groups -OCH3 is 1. The molecule has 0 saturated carbocycles. The molecule has 1 aromatic heterocycles. The third-order valence-corrected chi connectivity index (χ3v) is 5.92. The van der Waals surface area contributed by atoms with E-state index in [1.807, 2.05) is 0 Å². The van der Waals surface area contributed by atoms with Gasteiger partial charge in [-0.25, -0.2) is 14.2 Å². The highest BCUT2D eigenvalue weighted by Gasteiger charge is 2.24. The lowest BCUT2D eigenvalue weighted by Crippen LogP contribution is -2.42. The minimum atomic E-state index is -1.14. The van der Waals surface area contributed by atoms with Gasteiger partial charge in [-0.1, -0.05) is 40.4 Å². The van der Waals surface area contributed by atoms with Crippen LogP contribution in [0.4, 0.5) is 4.39 Å². The van der Waals surface area contributed by atoms with Crippen LogP contribution in [0.3, 0.4) is 0 Å². The maximum Gasteiger partial charge on any atom is 0.328 e. The van der Waals surface area contributed by atoms with Crippen molar-refractivity contribution in [2.45, 2.75) is 12.5 Å². The highest BCUT2D eigenvalue weighted by atomic mass is 35.5. The Balaban J connectivity index is 1.92. The molecule has 2 aromatic carbocycles. The van der Waals surface area contributed by atoms with E-state index in [0.717, 1.165) is 0 Å². The van der Waals surface area contributed by atoms with E-state index in [2.05, 4.69) is 15.3 Å². The number of aromatic nitrogens is 2. The summed E-state index contributed by atoms with van der Waals surface area (Å²) >= 11 is 11.3. The van der Waals surface area contributed by atoms with E-state index in [1.54, 1.807) is 0 Å². The van der Waals surface area contributed by atoms with Gasteiger partial charge < -0.3 is 19.6 Å². The van der Waals surface area contributed by atoms with Gasteiger partial charge in [-0.15, -0.1) is 0 Å². The number of hydrogen-bond donors (Lipinski definition) is 2. The lowest BCUT2D eigenvalue weighted by atomic mass is 10.1. The second-order valence-corrected chi connectivity index (χ2v) is 9.02. The molecule has 0 radical (unpaired) electrons. The van der Waals surface area contributed by atoms with E-state index in [4.69, 9.17) is 27.9 Å². The third kappa shape index (κ3) is 5.30. The molecule has 2 N–H and O–H groups in total. The molecule has 11 heteroatoms. The van der Waals surface area contributed by atoms with Crippen molar-refractivity contribution < 1.29 is 23.3 Å². The summed E-state index contributed by atoms with van der Waals surface area (Å²) in [6, 6.07) is 6.15. The predicted molar refractivity (Wildman–Crippen MR) is 118 cm³/mol. The number of halogens is 3. The summed E-state index contributed by atoms with van der Waals surface area (Å²) in [6.45, 7) is 0. The Morgan fingerprint density at radius 1 is 1.32 bits per heavy atom. The first-order valence-electron chi connectivity index (χ1n) is 9.03. The van der Waals surface area contributed by atoms with Crippen LogP contribution in [0.2, 0.25) is 10.0 Å². The van der Waals surface area contributed by atoms with Crippen molar-refractivity contribution in [2.75, 3.05) is 19.1 Å². The van der Waals surface area contributed by atoms with Crippen molar-refractivity contribution in [1.29, 1.82) is 0 Å². The van der Waals surface area contributed by atoms with Crippen molar-refractivity contribution in [3.05, 3.63) is 51.8 Å². The molecule has 0 aliphatic carbocycles. The van der Waals surface area contributed by atoms with E-state index in [9.17, 15) is 18.5 Å². The van der Waals surface area contributed by atoms with Crippen LogP contribution in [-0.4, -0.2) is 51.6 Å². The van der Waals surface area contributed by atoms with E-state index in [1.165, 1.54) is 43.7 Å². The van der Waals surface area contributed by atoms with Gasteiger partial charge in [0, 0.05) is 12.0 Å². The first-order chi connectivity index (χ1) is 14.7. The maximum atomic E-state index is 14.2. The Hall–Kier alpha value is -2.33. The topological polar surface area (TPSA) is 107 Å². The Morgan fingerprint density at radius 2 is 2.06 bits per heavy atom. The fourth-order valence-corrected chi connectivity index (χ4v) is 4.04. The molecule has 7 nitrogen and oxygen atoms in total. The number of hydrogen-bond acceptors (Lipinski definition) is 5. The Kier molecular flexibility index (Phi) is 7.42. The zero-order valence-electron chi connectivity index (χ0n) is 16.5. The van der Waals surface area contributed by atoms with Crippen LogP contribution in [0.15, 0.2) is 30.3 Å². The zero-order valence-corrected chi connectivity index (χ0v) is 18.8.